The van der Waals surface area contributed by atoms with Crippen LogP contribution >= 0.6 is 0 Å². The van der Waals surface area contributed by atoms with Crippen LogP contribution < -0.4 is 10.1 Å². The van der Waals surface area contributed by atoms with Crippen LogP contribution in [0.15, 0.2) is 48.5 Å². The van der Waals surface area contributed by atoms with Crippen LogP contribution in [0.2, 0.25) is 0 Å². The van der Waals surface area contributed by atoms with Gasteiger partial charge in [-0.1, -0.05) is 25.1 Å². The Bertz CT molecular complexity index is 855. The van der Waals surface area contributed by atoms with Gasteiger partial charge in [0.2, 0.25) is 5.91 Å². The number of carbonyl (C=O) groups is 2. The van der Waals surface area contributed by atoms with Gasteiger partial charge in [0.15, 0.2) is 0 Å². The van der Waals surface area contributed by atoms with Gasteiger partial charge in [0.1, 0.15) is 11.6 Å². The molecule has 0 radical (unpaired) electrons. The fraction of sp³-hybridized carbons (Fsp3) is 0.364. The first-order valence-electron chi connectivity index (χ1n) is 9.50. The van der Waals surface area contributed by atoms with Crippen LogP contribution in [0.25, 0.3) is 0 Å². The molecule has 3 rings (SSSR count). The van der Waals surface area contributed by atoms with Crippen molar-refractivity contribution in [2.75, 3.05) is 26.7 Å². The molecule has 0 saturated carbocycles. The molecule has 0 aliphatic carbocycles. The number of ether oxygens (including phenoxy) is 1. The third kappa shape index (κ3) is 4.32. The van der Waals surface area contributed by atoms with Gasteiger partial charge < -0.3 is 15.0 Å². The number of hydrogen-bond donors (Lipinski definition) is 1. The van der Waals surface area contributed by atoms with E-state index in [4.69, 9.17) is 4.74 Å². The molecule has 2 aromatic carbocycles. The molecule has 1 saturated heterocycles. The molecule has 0 bridgehead atoms. The second-order valence-corrected chi connectivity index (χ2v) is 7.00. The number of rotatable bonds is 6. The van der Waals surface area contributed by atoms with Crippen LogP contribution in [-0.4, -0.2) is 43.5 Å². The van der Waals surface area contributed by atoms with Crippen LogP contribution in [0.3, 0.4) is 0 Å². The Hall–Kier alpha value is -2.89. The van der Waals surface area contributed by atoms with Crippen molar-refractivity contribution in [2.24, 2.45) is 5.92 Å². The number of halogens is 1. The van der Waals surface area contributed by atoms with E-state index in [0.29, 0.717) is 30.9 Å². The van der Waals surface area contributed by atoms with Crippen molar-refractivity contribution < 1.29 is 18.7 Å². The van der Waals surface area contributed by atoms with Gasteiger partial charge in [0.25, 0.3) is 5.91 Å². The van der Waals surface area contributed by atoms with Crippen molar-refractivity contribution >= 4 is 11.8 Å². The highest BCUT2D eigenvalue weighted by molar-refractivity contribution is 5.95. The molecule has 1 fully saturated rings. The predicted molar refractivity (Wildman–Crippen MR) is 105 cm³/mol. The number of benzene rings is 2. The lowest BCUT2D eigenvalue weighted by Gasteiger charge is -2.18. The molecular weight excluding hydrogens is 359 g/mol. The molecule has 2 unspecified atom stereocenters. The number of nitrogens with zero attached hydrogens (tertiary/aromatic N) is 1. The normalized spacial score (nSPS) is 18.8. The minimum Gasteiger partial charge on any atom is -0.497 e. The Morgan fingerprint density at radius 3 is 2.68 bits per heavy atom. The van der Waals surface area contributed by atoms with Gasteiger partial charge in [-0.3, -0.25) is 9.59 Å². The molecule has 1 aliphatic heterocycles. The first-order valence-corrected chi connectivity index (χ1v) is 9.50. The van der Waals surface area contributed by atoms with E-state index in [-0.39, 0.29) is 23.5 Å². The molecule has 28 heavy (non-hydrogen) atoms. The monoisotopic (exact) mass is 384 g/mol. The van der Waals surface area contributed by atoms with E-state index in [1.54, 1.807) is 42.3 Å². The van der Waals surface area contributed by atoms with E-state index in [0.717, 1.165) is 12.0 Å². The Labute approximate surface area is 164 Å². The van der Waals surface area contributed by atoms with Gasteiger partial charge >= 0.3 is 0 Å². The van der Waals surface area contributed by atoms with Gasteiger partial charge in [-0.25, -0.2) is 4.39 Å². The number of likely N-dealkylation sites (tertiary alicyclic amines) is 1. The van der Waals surface area contributed by atoms with Gasteiger partial charge in [0, 0.05) is 31.1 Å². The lowest BCUT2D eigenvalue weighted by Crippen LogP contribution is -2.36. The SMILES string of the molecule is CCCNC(=O)C1CN(C(=O)c2cccc(OC)c2)CC1c1cccc(F)c1. The molecule has 1 aliphatic rings. The zero-order chi connectivity index (χ0) is 20.1. The predicted octanol–water partition coefficient (Wildman–Crippen LogP) is 3.22. The highest BCUT2D eigenvalue weighted by atomic mass is 19.1. The van der Waals surface area contributed by atoms with Crippen LogP contribution in [0.4, 0.5) is 4.39 Å². The van der Waals surface area contributed by atoms with Crippen molar-refractivity contribution in [1.82, 2.24) is 10.2 Å². The summed E-state index contributed by atoms with van der Waals surface area (Å²) >= 11 is 0. The summed E-state index contributed by atoms with van der Waals surface area (Å²) in [5, 5.41) is 2.92. The standard InChI is InChI=1S/C22H25FN2O3/c1-3-10-24-21(26)20-14-25(13-19(20)15-6-4-8-17(23)11-15)22(27)16-7-5-9-18(12-16)28-2/h4-9,11-12,19-20H,3,10,13-14H2,1-2H3,(H,24,26). The lowest BCUT2D eigenvalue weighted by atomic mass is 9.88. The number of nitrogens with one attached hydrogen (secondary N) is 1. The summed E-state index contributed by atoms with van der Waals surface area (Å²) in [4.78, 5) is 27.4. The summed E-state index contributed by atoms with van der Waals surface area (Å²) in [6, 6.07) is 13.2. The Morgan fingerprint density at radius 1 is 1.18 bits per heavy atom. The summed E-state index contributed by atoms with van der Waals surface area (Å²) in [7, 11) is 1.55. The molecule has 5 nitrogen and oxygen atoms in total. The lowest BCUT2D eigenvalue weighted by molar-refractivity contribution is -0.124. The van der Waals surface area contributed by atoms with Gasteiger partial charge in [-0.15, -0.1) is 0 Å². The quantitative estimate of drug-likeness (QED) is 0.832. The summed E-state index contributed by atoms with van der Waals surface area (Å²) in [5.74, 6) is -0.667. The smallest absolute Gasteiger partial charge is 0.254 e. The van der Waals surface area contributed by atoms with E-state index < -0.39 is 5.92 Å². The number of amides is 2. The van der Waals surface area contributed by atoms with Crippen LogP contribution in [-0.2, 0) is 4.79 Å². The first kappa shape index (κ1) is 19.9. The van der Waals surface area contributed by atoms with Gasteiger partial charge in [0.05, 0.1) is 13.0 Å². The third-order valence-corrected chi connectivity index (χ3v) is 5.09. The van der Waals surface area contributed by atoms with Crippen LogP contribution in [0.5, 0.6) is 5.75 Å². The molecule has 2 aromatic rings. The molecule has 6 heteroatoms. The van der Waals surface area contributed by atoms with E-state index >= 15 is 0 Å². The van der Waals surface area contributed by atoms with Gasteiger partial charge in [-0.2, -0.15) is 0 Å². The maximum Gasteiger partial charge on any atom is 0.254 e. The summed E-state index contributed by atoms with van der Waals surface area (Å²) < 4.78 is 19.0. The van der Waals surface area contributed by atoms with Crippen molar-refractivity contribution in [1.29, 1.82) is 0 Å². The Balaban J connectivity index is 1.86. The summed E-state index contributed by atoms with van der Waals surface area (Å²) in [5.41, 5.74) is 1.24. The molecule has 1 N–H and O–H groups in total. The van der Waals surface area contributed by atoms with Crippen molar-refractivity contribution in [3.05, 3.63) is 65.5 Å². The highest BCUT2D eigenvalue weighted by Crippen LogP contribution is 2.34. The van der Waals surface area contributed by atoms with E-state index in [1.165, 1.54) is 12.1 Å². The minimum absolute atomic E-state index is 0.1000. The average Bonchev–Trinajstić information content (AvgIpc) is 3.17. The Kier molecular flexibility index (Phi) is 6.29. The summed E-state index contributed by atoms with van der Waals surface area (Å²) in [6.45, 7) is 3.23. The Morgan fingerprint density at radius 2 is 1.96 bits per heavy atom. The fourth-order valence-electron chi connectivity index (χ4n) is 3.63. The third-order valence-electron chi connectivity index (χ3n) is 5.09. The van der Waals surface area contributed by atoms with E-state index in [1.807, 2.05) is 13.0 Å². The molecule has 1 heterocycles. The van der Waals surface area contributed by atoms with Crippen LogP contribution in [0.1, 0.15) is 35.2 Å². The molecule has 0 aromatic heterocycles. The first-order chi connectivity index (χ1) is 13.5. The highest BCUT2D eigenvalue weighted by Gasteiger charge is 2.40. The van der Waals surface area contributed by atoms with E-state index in [2.05, 4.69) is 5.32 Å². The second kappa shape index (κ2) is 8.87. The molecule has 0 spiro atoms. The fourth-order valence-corrected chi connectivity index (χ4v) is 3.63. The van der Waals surface area contributed by atoms with Gasteiger partial charge in [-0.05, 0) is 42.3 Å². The largest absolute Gasteiger partial charge is 0.497 e. The summed E-state index contributed by atoms with van der Waals surface area (Å²) in [6.07, 6.45) is 0.829. The zero-order valence-corrected chi connectivity index (χ0v) is 16.2. The number of carbonyl (C=O) groups excluding carboxylic acids is 2. The molecule has 2 amide bonds. The maximum absolute atomic E-state index is 13.8. The topological polar surface area (TPSA) is 58.6 Å². The number of methoxy groups -OCH3 is 1. The zero-order valence-electron chi connectivity index (χ0n) is 16.2. The van der Waals surface area contributed by atoms with Crippen LogP contribution in [0, 0.1) is 11.7 Å². The molecule has 148 valence electrons. The van der Waals surface area contributed by atoms with E-state index in [9.17, 15) is 14.0 Å². The second-order valence-electron chi connectivity index (χ2n) is 7.00. The average molecular weight is 384 g/mol. The van der Waals surface area contributed by atoms with Crippen molar-refractivity contribution in [3.63, 3.8) is 0 Å². The number of hydrogen-bond acceptors (Lipinski definition) is 3. The van der Waals surface area contributed by atoms with Crippen molar-refractivity contribution in [3.8, 4) is 5.75 Å². The maximum atomic E-state index is 13.8. The molecule has 2 atom stereocenters. The van der Waals surface area contributed by atoms with Crippen molar-refractivity contribution in [2.45, 2.75) is 19.3 Å². The minimum atomic E-state index is -0.414. The molecular formula is C22H25FN2O3.